The monoisotopic (exact) mass is 361 g/mol. The van der Waals surface area contributed by atoms with Crippen molar-refractivity contribution in [1.29, 1.82) is 0 Å². The predicted octanol–water partition coefficient (Wildman–Crippen LogP) is 5.94. The maximum Gasteiger partial charge on any atom is 0.419 e. The first-order valence-corrected chi connectivity index (χ1v) is 8.14. The minimum absolute atomic E-state index is 0.371. The Balaban J connectivity index is 2.04. The Morgan fingerprint density at radius 2 is 1.32 bits per heavy atom. The molecule has 0 aliphatic rings. The Morgan fingerprint density at radius 3 is 1.84 bits per heavy atom. The zero-order chi connectivity index (χ0) is 17.9. The second-order valence-electron chi connectivity index (χ2n) is 5.76. The lowest BCUT2D eigenvalue weighted by molar-refractivity contribution is -0.137. The van der Waals surface area contributed by atoms with Gasteiger partial charge in [0.05, 0.1) is 11.3 Å². The van der Waals surface area contributed by atoms with E-state index in [0.29, 0.717) is 24.1 Å². The number of rotatable bonds is 4. The largest absolute Gasteiger partial charge is 0.419 e. The lowest BCUT2D eigenvalue weighted by atomic mass is 9.98. The second-order valence-corrected chi connectivity index (χ2v) is 6.11. The highest BCUT2D eigenvalue weighted by Gasteiger charge is 2.35. The summed E-state index contributed by atoms with van der Waals surface area (Å²) >= 11 is 5.82. The molecule has 0 atom stereocenters. The highest BCUT2D eigenvalue weighted by Crippen LogP contribution is 2.35. The van der Waals surface area contributed by atoms with Crippen LogP contribution in [0.15, 0.2) is 66.7 Å². The molecule has 5 heteroatoms. The highest BCUT2D eigenvalue weighted by atomic mass is 35.5. The van der Waals surface area contributed by atoms with Gasteiger partial charge >= 0.3 is 6.18 Å². The lowest BCUT2D eigenvalue weighted by Gasteiger charge is -2.15. The molecule has 0 saturated carbocycles. The first kappa shape index (κ1) is 17.5. The molecule has 1 aromatic heterocycles. The lowest BCUT2D eigenvalue weighted by Crippen LogP contribution is -2.11. The van der Waals surface area contributed by atoms with E-state index in [1.807, 2.05) is 60.7 Å². The van der Waals surface area contributed by atoms with Gasteiger partial charge in [0, 0.05) is 6.42 Å². The molecule has 0 bridgehead atoms. The van der Waals surface area contributed by atoms with Crippen LogP contribution in [0.25, 0.3) is 0 Å². The number of aromatic nitrogens is 1. The molecular weight excluding hydrogens is 347 g/mol. The molecule has 3 rings (SSSR count). The summed E-state index contributed by atoms with van der Waals surface area (Å²) in [4.78, 5) is 4.08. The van der Waals surface area contributed by atoms with Crippen molar-refractivity contribution < 1.29 is 13.2 Å². The number of hydrogen-bond acceptors (Lipinski definition) is 1. The Morgan fingerprint density at radius 1 is 0.800 bits per heavy atom. The molecule has 0 N–H and O–H groups in total. The van der Waals surface area contributed by atoms with Gasteiger partial charge in [0.15, 0.2) is 0 Å². The normalized spacial score (nSPS) is 11.5. The van der Waals surface area contributed by atoms with E-state index in [1.54, 1.807) is 0 Å². The van der Waals surface area contributed by atoms with Crippen LogP contribution in [-0.4, -0.2) is 4.98 Å². The van der Waals surface area contributed by atoms with Gasteiger partial charge in [0.1, 0.15) is 5.15 Å². The molecule has 0 radical (unpaired) electrons. The molecule has 0 aliphatic heterocycles. The van der Waals surface area contributed by atoms with E-state index in [9.17, 15) is 13.2 Å². The third-order valence-electron chi connectivity index (χ3n) is 3.90. The van der Waals surface area contributed by atoms with Crippen LogP contribution >= 0.6 is 11.6 Å². The van der Waals surface area contributed by atoms with Crippen molar-refractivity contribution in [3.8, 4) is 0 Å². The Bertz CT molecular complexity index is 846. The van der Waals surface area contributed by atoms with Gasteiger partial charge in [-0.25, -0.2) is 4.98 Å². The summed E-state index contributed by atoms with van der Waals surface area (Å²) in [6.45, 7) is 0. The van der Waals surface area contributed by atoms with Crippen molar-refractivity contribution in [1.82, 2.24) is 4.98 Å². The molecule has 2 aromatic carbocycles. The maximum atomic E-state index is 13.2. The molecule has 0 saturated heterocycles. The smallest absolute Gasteiger partial charge is 0.240 e. The summed E-state index contributed by atoms with van der Waals surface area (Å²) in [6.07, 6.45) is -3.72. The van der Waals surface area contributed by atoms with Crippen LogP contribution in [0.3, 0.4) is 0 Å². The van der Waals surface area contributed by atoms with Crippen molar-refractivity contribution >= 4 is 11.6 Å². The first-order valence-electron chi connectivity index (χ1n) is 7.77. The molecule has 0 fully saturated rings. The average Bonchev–Trinajstić information content (AvgIpc) is 2.58. The number of hydrogen-bond donors (Lipinski definition) is 0. The van der Waals surface area contributed by atoms with Crippen molar-refractivity contribution in [2.75, 3.05) is 0 Å². The highest BCUT2D eigenvalue weighted by molar-refractivity contribution is 6.30. The SMILES string of the molecule is FC(F)(F)c1cc(Cc2ccccc2)c(Cc2ccccc2)nc1Cl. The van der Waals surface area contributed by atoms with Crippen LogP contribution < -0.4 is 0 Å². The molecule has 1 nitrogen and oxygen atoms in total. The van der Waals surface area contributed by atoms with Gasteiger partial charge in [0.25, 0.3) is 0 Å². The van der Waals surface area contributed by atoms with Gasteiger partial charge in [-0.3, -0.25) is 0 Å². The quantitative estimate of drug-likeness (QED) is 0.524. The average molecular weight is 362 g/mol. The molecule has 0 unspecified atom stereocenters. The van der Waals surface area contributed by atoms with Gasteiger partial charge in [-0.1, -0.05) is 72.3 Å². The van der Waals surface area contributed by atoms with E-state index in [0.717, 1.165) is 17.2 Å². The van der Waals surface area contributed by atoms with Gasteiger partial charge in [-0.05, 0) is 29.2 Å². The van der Waals surface area contributed by atoms with Gasteiger partial charge in [0.2, 0.25) is 0 Å². The van der Waals surface area contributed by atoms with E-state index in [4.69, 9.17) is 11.6 Å². The van der Waals surface area contributed by atoms with Crippen molar-refractivity contribution in [2.24, 2.45) is 0 Å². The predicted molar refractivity (Wildman–Crippen MR) is 92.7 cm³/mol. The molecule has 0 aliphatic carbocycles. The van der Waals surface area contributed by atoms with Crippen LogP contribution in [0.1, 0.15) is 27.9 Å². The minimum Gasteiger partial charge on any atom is -0.240 e. The van der Waals surface area contributed by atoms with Crippen LogP contribution in [0.5, 0.6) is 0 Å². The zero-order valence-electron chi connectivity index (χ0n) is 13.2. The van der Waals surface area contributed by atoms with Gasteiger partial charge < -0.3 is 0 Å². The van der Waals surface area contributed by atoms with Gasteiger partial charge in [-0.15, -0.1) is 0 Å². The van der Waals surface area contributed by atoms with Crippen molar-refractivity contribution in [3.63, 3.8) is 0 Å². The number of pyridine rings is 1. The fraction of sp³-hybridized carbons (Fsp3) is 0.150. The first-order chi connectivity index (χ1) is 11.9. The third kappa shape index (κ3) is 4.40. The summed E-state index contributed by atoms with van der Waals surface area (Å²) in [6, 6.07) is 20.0. The summed E-state index contributed by atoms with van der Waals surface area (Å²) in [5.74, 6) is 0. The maximum absolute atomic E-state index is 13.2. The zero-order valence-corrected chi connectivity index (χ0v) is 14.0. The molecule has 1 heterocycles. The number of halogens is 4. The summed E-state index contributed by atoms with van der Waals surface area (Å²) < 4.78 is 39.6. The molecule has 25 heavy (non-hydrogen) atoms. The van der Waals surface area contributed by atoms with Crippen molar-refractivity contribution in [2.45, 2.75) is 19.0 Å². The van der Waals surface area contributed by atoms with E-state index in [-0.39, 0.29) is 0 Å². The molecular formula is C20H15ClF3N. The summed E-state index contributed by atoms with van der Waals surface area (Å²) in [5, 5.41) is -0.504. The molecule has 0 spiro atoms. The molecule has 0 amide bonds. The fourth-order valence-electron chi connectivity index (χ4n) is 2.68. The van der Waals surface area contributed by atoms with E-state index in [2.05, 4.69) is 4.98 Å². The van der Waals surface area contributed by atoms with Crippen LogP contribution in [0.2, 0.25) is 5.15 Å². The minimum atomic E-state index is -4.53. The van der Waals surface area contributed by atoms with E-state index < -0.39 is 16.9 Å². The number of benzene rings is 2. The Labute approximate surface area is 149 Å². The topological polar surface area (TPSA) is 12.9 Å². The van der Waals surface area contributed by atoms with Gasteiger partial charge in [-0.2, -0.15) is 13.2 Å². The van der Waals surface area contributed by atoms with Crippen molar-refractivity contribution in [3.05, 3.63) is 99.8 Å². The van der Waals surface area contributed by atoms with Crippen LogP contribution in [0.4, 0.5) is 13.2 Å². The van der Waals surface area contributed by atoms with Crippen LogP contribution in [0, 0.1) is 0 Å². The number of nitrogens with zero attached hydrogens (tertiary/aromatic N) is 1. The molecule has 3 aromatic rings. The fourth-order valence-corrected chi connectivity index (χ4v) is 2.94. The second kappa shape index (κ2) is 7.28. The third-order valence-corrected chi connectivity index (χ3v) is 4.19. The Hall–Kier alpha value is -2.33. The Kier molecular flexibility index (Phi) is 5.09. The van der Waals surface area contributed by atoms with Crippen LogP contribution in [-0.2, 0) is 19.0 Å². The van der Waals surface area contributed by atoms with E-state index >= 15 is 0 Å². The molecule has 128 valence electrons. The standard InChI is InChI=1S/C20H15ClF3N/c21-19-17(20(22,23)24)13-16(11-14-7-3-1-4-8-14)18(25-19)12-15-9-5-2-6-10-15/h1-10,13H,11-12H2. The summed E-state index contributed by atoms with van der Waals surface area (Å²) in [5.41, 5.74) is 2.10. The van der Waals surface area contributed by atoms with E-state index in [1.165, 1.54) is 0 Å². The summed E-state index contributed by atoms with van der Waals surface area (Å²) in [7, 11) is 0. The number of alkyl halides is 3.